The Balaban J connectivity index is 1.51. The molecule has 1 aliphatic heterocycles. The molecular weight excluding hydrogens is 433 g/mol. The van der Waals surface area contributed by atoms with Crippen LogP contribution in [0.25, 0.3) is 5.69 Å². The number of aromatic nitrogens is 2. The van der Waals surface area contributed by atoms with Gasteiger partial charge in [0.05, 0.1) is 11.9 Å². The molecule has 1 unspecified atom stereocenters. The lowest BCUT2D eigenvalue weighted by molar-refractivity contribution is -0.128. The minimum Gasteiger partial charge on any atom is -0.371 e. The molecule has 31 heavy (non-hydrogen) atoms. The Bertz CT molecular complexity index is 1200. The molecule has 3 aromatic rings. The van der Waals surface area contributed by atoms with E-state index >= 15 is 0 Å². The molecule has 1 aromatic heterocycles. The van der Waals surface area contributed by atoms with Gasteiger partial charge in [0.15, 0.2) is 5.82 Å². The number of benzene rings is 2. The second-order valence-corrected chi connectivity index (χ2v) is 7.43. The molecule has 1 saturated heterocycles. The number of halogens is 4. The highest BCUT2D eigenvalue weighted by Crippen LogP contribution is 2.23. The molecule has 0 radical (unpaired) electrons. The van der Waals surface area contributed by atoms with Crippen LogP contribution in [0.15, 0.2) is 53.5 Å². The standard InChI is InChI=1S/C21H16ClF3N4O2/c22-19-17(10-26-29(21(19)31)18-6-5-14(24)9-15(18)25)27-16-7-8-28(20(16)30)11-12-1-3-13(23)4-2-12/h1-6,9-10,16,27H,7-8,11H2. The zero-order valence-corrected chi connectivity index (χ0v) is 16.7. The molecule has 1 amide bonds. The molecule has 6 nitrogen and oxygen atoms in total. The minimum absolute atomic E-state index is 0.132. The van der Waals surface area contributed by atoms with E-state index in [-0.39, 0.29) is 28.1 Å². The fourth-order valence-electron chi connectivity index (χ4n) is 3.39. The highest BCUT2D eigenvalue weighted by molar-refractivity contribution is 6.33. The van der Waals surface area contributed by atoms with Crippen molar-refractivity contribution in [2.24, 2.45) is 0 Å². The first-order chi connectivity index (χ1) is 14.8. The first-order valence-corrected chi connectivity index (χ1v) is 9.74. The van der Waals surface area contributed by atoms with Crippen molar-refractivity contribution >= 4 is 23.2 Å². The summed E-state index contributed by atoms with van der Waals surface area (Å²) in [7, 11) is 0. The van der Waals surface area contributed by atoms with Crippen LogP contribution in [0.4, 0.5) is 18.9 Å². The third-order valence-electron chi connectivity index (χ3n) is 4.97. The highest BCUT2D eigenvalue weighted by Gasteiger charge is 2.32. The molecule has 2 aromatic carbocycles. The van der Waals surface area contributed by atoms with Gasteiger partial charge >= 0.3 is 0 Å². The van der Waals surface area contributed by atoms with Gasteiger partial charge in [-0.3, -0.25) is 9.59 Å². The van der Waals surface area contributed by atoms with Crippen molar-refractivity contribution in [2.45, 2.75) is 19.0 Å². The van der Waals surface area contributed by atoms with E-state index in [0.717, 1.165) is 22.4 Å². The van der Waals surface area contributed by atoms with Gasteiger partial charge < -0.3 is 10.2 Å². The molecule has 1 fully saturated rings. The van der Waals surface area contributed by atoms with Crippen LogP contribution in [-0.4, -0.2) is 33.2 Å². The van der Waals surface area contributed by atoms with Crippen molar-refractivity contribution < 1.29 is 18.0 Å². The van der Waals surface area contributed by atoms with Crippen molar-refractivity contribution in [3.63, 3.8) is 0 Å². The van der Waals surface area contributed by atoms with Crippen LogP contribution in [0.2, 0.25) is 5.02 Å². The lowest BCUT2D eigenvalue weighted by atomic mass is 10.2. The predicted molar refractivity (Wildman–Crippen MR) is 109 cm³/mol. The number of carbonyl (C=O) groups is 1. The average Bonchev–Trinajstić information content (AvgIpc) is 3.07. The number of hydrogen-bond acceptors (Lipinski definition) is 4. The molecule has 10 heteroatoms. The van der Waals surface area contributed by atoms with Gasteiger partial charge in [0, 0.05) is 19.2 Å². The van der Waals surface area contributed by atoms with Gasteiger partial charge in [-0.1, -0.05) is 23.7 Å². The molecule has 1 aliphatic rings. The fourth-order valence-corrected chi connectivity index (χ4v) is 3.57. The Morgan fingerprint density at radius 2 is 1.77 bits per heavy atom. The van der Waals surface area contributed by atoms with Gasteiger partial charge in [-0.2, -0.15) is 9.78 Å². The van der Waals surface area contributed by atoms with E-state index in [0.29, 0.717) is 25.6 Å². The maximum absolute atomic E-state index is 14.0. The van der Waals surface area contributed by atoms with Gasteiger partial charge in [0.25, 0.3) is 5.56 Å². The largest absolute Gasteiger partial charge is 0.371 e. The minimum atomic E-state index is -0.964. The smallest absolute Gasteiger partial charge is 0.292 e. The molecule has 4 rings (SSSR count). The summed E-state index contributed by atoms with van der Waals surface area (Å²) >= 11 is 6.15. The van der Waals surface area contributed by atoms with E-state index in [4.69, 9.17) is 11.6 Å². The van der Waals surface area contributed by atoms with Gasteiger partial charge in [-0.25, -0.2) is 13.2 Å². The number of likely N-dealkylation sites (tertiary alicyclic amines) is 1. The van der Waals surface area contributed by atoms with E-state index in [1.807, 2.05) is 0 Å². The van der Waals surface area contributed by atoms with E-state index < -0.39 is 23.2 Å². The first kappa shape index (κ1) is 20.9. The summed E-state index contributed by atoms with van der Waals surface area (Å²) < 4.78 is 40.9. The third kappa shape index (κ3) is 4.27. The summed E-state index contributed by atoms with van der Waals surface area (Å²) in [5.41, 5.74) is -0.139. The molecule has 1 atom stereocenters. The Kier molecular flexibility index (Phi) is 5.69. The Labute approximate surface area is 179 Å². The van der Waals surface area contributed by atoms with Crippen molar-refractivity contribution in [3.05, 3.63) is 87.1 Å². The Morgan fingerprint density at radius 3 is 2.48 bits per heavy atom. The zero-order chi connectivity index (χ0) is 22.1. The number of hydrogen-bond donors (Lipinski definition) is 1. The number of amides is 1. The number of nitrogens with one attached hydrogen (secondary N) is 1. The van der Waals surface area contributed by atoms with Crippen molar-refractivity contribution in [2.75, 3.05) is 11.9 Å². The van der Waals surface area contributed by atoms with Crippen LogP contribution in [0.3, 0.4) is 0 Å². The van der Waals surface area contributed by atoms with Crippen LogP contribution in [0, 0.1) is 17.5 Å². The fraction of sp³-hybridized carbons (Fsp3) is 0.190. The van der Waals surface area contributed by atoms with Gasteiger partial charge in [0.1, 0.15) is 28.4 Å². The molecule has 0 saturated carbocycles. The lowest BCUT2D eigenvalue weighted by Crippen LogP contribution is -2.34. The van der Waals surface area contributed by atoms with Gasteiger partial charge in [0.2, 0.25) is 5.91 Å². The Morgan fingerprint density at radius 1 is 1.06 bits per heavy atom. The van der Waals surface area contributed by atoms with Gasteiger partial charge in [-0.05, 0) is 36.2 Å². The summed E-state index contributed by atoms with van der Waals surface area (Å²) in [5.74, 6) is -2.31. The van der Waals surface area contributed by atoms with Crippen molar-refractivity contribution in [1.82, 2.24) is 14.7 Å². The average molecular weight is 449 g/mol. The normalized spacial score (nSPS) is 16.1. The van der Waals surface area contributed by atoms with E-state index in [2.05, 4.69) is 10.4 Å². The maximum Gasteiger partial charge on any atom is 0.292 e. The van der Waals surface area contributed by atoms with Crippen LogP contribution < -0.4 is 10.9 Å². The van der Waals surface area contributed by atoms with Crippen LogP contribution in [0.1, 0.15) is 12.0 Å². The van der Waals surface area contributed by atoms with E-state index in [1.54, 1.807) is 17.0 Å². The lowest BCUT2D eigenvalue weighted by Gasteiger charge is -2.18. The molecule has 160 valence electrons. The summed E-state index contributed by atoms with van der Waals surface area (Å²) in [5, 5.41) is 6.54. The van der Waals surface area contributed by atoms with E-state index in [1.165, 1.54) is 18.3 Å². The summed E-state index contributed by atoms with van der Waals surface area (Å²) in [6.45, 7) is 0.797. The van der Waals surface area contributed by atoms with Crippen molar-refractivity contribution in [3.8, 4) is 5.69 Å². The highest BCUT2D eigenvalue weighted by atomic mass is 35.5. The Hall–Kier alpha value is -3.33. The predicted octanol–water partition coefficient (Wildman–Crippen LogP) is 3.52. The monoisotopic (exact) mass is 448 g/mol. The van der Waals surface area contributed by atoms with Crippen LogP contribution in [0.5, 0.6) is 0 Å². The second kappa shape index (κ2) is 8.43. The third-order valence-corrected chi connectivity index (χ3v) is 5.34. The molecule has 0 aliphatic carbocycles. The molecule has 1 N–H and O–H groups in total. The van der Waals surface area contributed by atoms with Crippen molar-refractivity contribution in [1.29, 1.82) is 0 Å². The quantitative estimate of drug-likeness (QED) is 0.648. The second-order valence-electron chi connectivity index (χ2n) is 7.06. The number of rotatable bonds is 5. The number of anilines is 1. The number of nitrogens with zero attached hydrogens (tertiary/aromatic N) is 3. The molecule has 0 spiro atoms. The maximum atomic E-state index is 14.0. The summed E-state index contributed by atoms with van der Waals surface area (Å²) in [6.07, 6.45) is 1.68. The summed E-state index contributed by atoms with van der Waals surface area (Å²) in [6, 6.07) is 7.97. The van der Waals surface area contributed by atoms with Crippen LogP contribution >= 0.6 is 11.6 Å². The summed E-state index contributed by atoms with van der Waals surface area (Å²) in [4.78, 5) is 26.9. The van der Waals surface area contributed by atoms with Gasteiger partial charge in [-0.15, -0.1) is 0 Å². The van der Waals surface area contributed by atoms with Crippen LogP contribution in [-0.2, 0) is 11.3 Å². The van der Waals surface area contributed by atoms with E-state index in [9.17, 15) is 22.8 Å². The zero-order valence-electron chi connectivity index (χ0n) is 16.0. The number of carbonyl (C=O) groups excluding carboxylic acids is 1. The first-order valence-electron chi connectivity index (χ1n) is 9.36. The topological polar surface area (TPSA) is 67.2 Å². The SMILES string of the molecule is O=C1C(Nc2cnn(-c3ccc(F)cc3F)c(=O)c2Cl)CCN1Cc1ccc(F)cc1. The molecule has 2 heterocycles. The molecule has 0 bridgehead atoms. The molecular formula is C21H16ClF3N4O2.